The molecule has 0 radical (unpaired) electrons. The van der Waals surface area contributed by atoms with E-state index in [1.54, 1.807) is 24.3 Å². The van der Waals surface area contributed by atoms with Crippen LogP contribution in [0.3, 0.4) is 0 Å². The maximum atomic E-state index is 11.3. The zero-order valence-electron chi connectivity index (χ0n) is 7.10. The third kappa shape index (κ3) is 3.45. The molecule has 0 saturated carbocycles. The molecular formula is C8H8ClNO3S. The zero-order valence-corrected chi connectivity index (χ0v) is 8.68. The van der Waals surface area contributed by atoms with Crippen molar-refractivity contribution in [2.75, 3.05) is 6.61 Å². The lowest BCUT2D eigenvalue weighted by atomic mass is 10.4. The van der Waals surface area contributed by atoms with Crippen molar-refractivity contribution in [3.05, 3.63) is 29.3 Å². The summed E-state index contributed by atoms with van der Waals surface area (Å²) in [6.07, 6.45) is 0. The molecule has 0 spiro atoms. The third-order valence-electron chi connectivity index (χ3n) is 1.31. The van der Waals surface area contributed by atoms with Crippen LogP contribution in [0.2, 0.25) is 5.02 Å². The van der Waals surface area contributed by atoms with E-state index in [1.165, 1.54) is 0 Å². The molecule has 0 aliphatic carbocycles. The molecule has 0 fully saturated rings. The van der Waals surface area contributed by atoms with Gasteiger partial charge >= 0.3 is 0 Å². The normalized spacial score (nSPS) is 12.4. The molecule has 1 aromatic carbocycles. The Kier molecular flexibility index (Phi) is 4.06. The van der Waals surface area contributed by atoms with Gasteiger partial charge in [-0.2, -0.15) is 0 Å². The summed E-state index contributed by atoms with van der Waals surface area (Å²) >= 11 is 3.96. The van der Waals surface area contributed by atoms with E-state index in [-0.39, 0.29) is 6.61 Å². The minimum absolute atomic E-state index is 0.366. The molecule has 1 unspecified atom stereocenters. The third-order valence-corrected chi connectivity index (χ3v) is 2.56. The summed E-state index contributed by atoms with van der Waals surface area (Å²) in [7, 11) is 0. The van der Waals surface area contributed by atoms with Gasteiger partial charge in [-0.25, -0.2) is 4.21 Å². The van der Waals surface area contributed by atoms with Gasteiger partial charge in [0.2, 0.25) is 5.91 Å². The van der Waals surface area contributed by atoms with Crippen LogP contribution in [-0.2, 0) is 20.1 Å². The van der Waals surface area contributed by atoms with E-state index >= 15 is 0 Å². The fraction of sp³-hybridized carbons (Fsp3) is 0.125. The Morgan fingerprint density at radius 1 is 1.43 bits per heavy atom. The van der Waals surface area contributed by atoms with Crippen LogP contribution in [0.15, 0.2) is 29.2 Å². The second-order valence-corrected chi connectivity index (χ2v) is 4.03. The molecule has 1 rings (SSSR count). The van der Waals surface area contributed by atoms with Crippen molar-refractivity contribution in [1.29, 1.82) is 0 Å². The molecule has 2 N–H and O–H groups in total. The Bertz CT molecular complexity index is 352. The molecule has 0 aliphatic rings. The average Bonchev–Trinajstić information content (AvgIpc) is 2.15. The van der Waals surface area contributed by atoms with E-state index in [2.05, 4.69) is 4.18 Å². The largest absolute Gasteiger partial charge is 0.368 e. The molecule has 1 amide bonds. The maximum Gasteiger partial charge on any atom is 0.244 e. The van der Waals surface area contributed by atoms with Crippen molar-refractivity contribution in [3.8, 4) is 0 Å². The number of benzene rings is 1. The monoisotopic (exact) mass is 233 g/mol. The molecule has 76 valence electrons. The molecule has 14 heavy (non-hydrogen) atoms. The van der Waals surface area contributed by atoms with E-state index in [0.29, 0.717) is 9.92 Å². The summed E-state index contributed by atoms with van der Waals surface area (Å²) in [5, 5.41) is 0.542. The number of hydrogen-bond donors (Lipinski definition) is 1. The molecule has 1 aromatic rings. The van der Waals surface area contributed by atoms with Crippen molar-refractivity contribution in [1.82, 2.24) is 0 Å². The van der Waals surface area contributed by atoms with Crippen LogP contribution in [-0.4, -0.2) is 16.7 Å². The molecular weight excluding hydrogens is 226 g/mol. The van der Waals surface area contributed by atoms with E-state index in [1.807, 2.05) is 0 Å². The van der Waals surface area contributed by atoms with Gasteiger partial charge < -0.3 is 5.73 Å². The summed E-state index contributed by atoms with van der Waals surface area (Å²) in [5.74, 6) is -0.660. The highest BCUT2D eigenvalue weighted by molar-refractivity contribution is 7.80. The Morgan fingerprint density at radius 2 is 2.00 bits per heavy atom. The SMILES string of the molecule is NC(=O)COS(=O)c1ccc(Cl)cc1. The van der Waals surface area contributed by atoms with Gasteiger partial charge in [0.05, 0.1) is 4.90 Å². The minimum atomic E-state index is -1.67. The molecule has 1 atom stereocenters. The lowest BCUT2D eigenvalue weighted by Crippen LogP contribution is -2.18. The summed E-state index contributed by atoms with van der Waals surface area (Å²) < 4.78 is 16.0. The lowest BCUT2D eigenvalue weighted by molar-refractivity contribution is -0.119. The number of nitrogens with two attached hydrogens (primary N) is 1. The van der Waals surface area contributed by atoms with Gasteiger partial charge in [0, 0.05) is 5.02 Å². The van der Waals surface area contributed by atoms with Gasteiger partial charge in [-0.1, -0.05) is 11.6 Å². The van der Waals surface area contributed by atoms with Gasteiger partial charge in [0.25, 0.3) is 0 Å². The van der Waals surface area contributed by atoms with Gasteiger partial charge in [-0.3, -0.25) is 8.98 Å². The van der Waals surface area contributed by atoms with E-state index in [9.17, 15) is 9.00 Å². The highest BCUT2D eigenvalue weighted by atomic mass is 35.5. The number of primary amides is 1. The van der Waals surface area contributed by atoms with Crippen LogP contribution in [0.1, 0.15) is 0 Å². The van der Waals surface area contributed by atoms with Crippen LogP contribution < -0.4 is 5.73 Å². The standard InChI is InChI=1S/C8H8ClNO3S/c9-6-1-3-7(4-2-6)14(12)13-5-8(10)11/h1-4H,5H2,(H2,10,11). The van der Waals surface area contributed by atoms with E-state index < -0.39 is 17.0 Å². The van der Waals surface area contributed by atoms with Crippen molar-refractivity contribution in [2.24, 2.45) is 5.73 Å². The Hall–Kier alpha value is -0.910. The molecule has 6 heteroatoms. The van der Waals surface area contributed by atoms with E-state index in [0.717, 1.165) is 0 Å². The van der Waals surface area contributed by atoms with Gasteiger partial charge in [0.1, 0.15) is 6.61 Å². The van der Waals surface area contributed by atoms with Gasteiger partial charge in [-0.05, 0) is 24.3 Å². The smallest absolute Gasteiger partial charge is 0.244 e. The molecule has 0 heterocycles. The second-order valence-electron chi connectivity index (χ2n) is 2.42. The Balaban J connectivity index is 2.61. The van der Waals surface area contributed by atoms with Crippen LogP contribution in [0.25, 0.3) is 0 Å². The Labute approximate surface area is 88.7 Å². The number of rotatable bonds is 4. The van der Waals surface area contributed by atoms with Crippen molar-refractivity contribution >= 4 is 28.6 Å². The zero-order chi connectivity index (χ0) is 10.6. The molecule has 4 nitrogen and oxygen atoms in total. The van der Waals surface area contributed by atoms with Crippen molar-refractivity contribution in [3.63, 3.8) is 0 Å². The molecule has 0 aromatic heterocycles. The lowest BCUT2D eigenvalue weighted by Gasteiger charge is -2.00. The highest BCUT2D eigenvalue weighted by Gasteiger charge is 2.05. The number of hydrogen-bond acceptors (Lipinski definition) is 3. The molecule has 0 bridgehead atoms. The van der Waals surface area contributed by atoms with Crippen LogP contribution in [0, 0.1) is 0 Å². The first kappa shape index (κ1) is 11.2. The predicted octanol–water partition coefficient (Wildman–Crippen LogP) is 0.864. The second kappa shape index (κ2) is 5.09. The fourth-order valence-electron chi connectivity index (χ4n) is 0.725. The quantitative estimate of drug-likeness (QED) is 0.839. The van der Waals surface area contributed by atoms with E-state index in [4.69, 9.17) is 17.3 Å². The summed E-state index contributed by atoms with van der Waals surface area (Å²) in [6.45, 7) is -0.366. The van der Waals surface area contributed by atoms with Gasteiger partial charge in [0.15, 0.2) is 11.1 Å². The predicted molar refractivity (Wildman–Crippen MR) is 53.0 cm³/mol. The Morgan fingerprint density at radius 3 is 2.50 bits per heavy atom. The minimum Gasteiger partial charge on any atom is -0.368 e. The maximum absolute atomic E-state index is 11.3. The fourth-order valence-corrected chi connectivity index (χ4v) is 1.57. The van der Waals surface area contributed by atoms with Crippen molar-refractivity contribution in [2.45, 2.75) is 4.90 Å². The van der Waals surface area contributed by atoms with Crippen molar-refractivity contribution < 1.29 is 13.2 Å². The first-order valence-electron chi connectivity index (χ1n) is 3.68. The number of carbonyl (C=O) groups excluding carboxylic acids is 1. The topological polar surface area (TPSA) is 69.4 Å². The van der Waals surface area contributed by atoms with Crippen LogP contribution in [0.5, 0.6) is 0 Å². The summed E-state index contributed by atoms with van der Waals surface area (Å²) in [5.41, 5.74) is 4.82. The first-order chi connectivity index (χ1) is 6.59. The molecule has 0 saturated heterocycles. The van der Waals surface area contributed by atoms with Crippen LogP contribution in [0.4, 0.5) is 0 Å². The van der Waals surface area contributed by atoms with Crippen LogP contribution >= 0.6 is 11.6 Å². The summed E-state index contributed by atoms with van der Waals surface area (Å²) in [6, 6.07) is 6.28. The molecule has 0 aliphatic heterocycles. The van der Waals surface area contributed by atoms with Gasteiger partial charge in [-0.15, -0.1) is 0 Å². The average molecular weight is 234 g/mol. The number of halogens is 1. The summed E-state index contributed by atoms with van der Waals surface area (Å²) in [4.78, 5) is 10.8. The number of carbonyl (C=O) groups is 1. The highest BCUT2D eigenvalue weighted by Crippen LogP contribution is 2.12. The first-order valence-corrected chi connectivity index (χ1v) is 5.14. The number of amides is 1.